The summed E-state index contributed by atoms with van der Waals surface area (Å²) >= 11 is 0. The van der Waals surface area contributed by atoms with Gasteiger partial charge in [-0.2, -0.15) is 0 Å². The van der Waals surface area contributed by atoms with Crippen molar-refractivity contribution in [1.29, 1.82) is 0 Å². The van der Waals surface area contributed by atoms with E-state index in [-0.39, 0.29) is 28.4 Å². The molecule has 6 nitrogen and oxygen atoms in total. The number of aromatic nitrogens is 3. The summed E-state index contributed by atoms with van der Waals surface area (Å²) in [5, 5.41) is 7.19. The number of aldehydes is 1. The lowest BCUT2D eigenvalue weighted by Crippen LogP contribution is -1.98. The number of ether oxygens (including phenoxy) is 1. The average Bonchev–Trinajstić information content (AvgIpc) is 3.62. The van der Waals surface area contributed by atoms with Gasteiger partial charge in [0.15, 0.2) is 17.4 Å². The number of benzene rings is 3. The smallest absolute Gasteiger partial charge is 0.199 e. The molecule has 0 saturated heterocycles. The molecule has 0 bridgehead atoms. The van der Waals surface area contributed by atoms with Crippen molar-refractivity contribution in [3.63, 3.8) is 0 Å². The van der Waals surface area contributed by atoms with E-state index in [1.54, 1.807) is 6.20 Å². The number of imidazole rings is 1. The second-order valence-electron chi connectivity index (χ2n) is 8.54. The minimum absolute atomic E-state index is 0.0629. The van der Waals surface area contributed by atoms with Gasteiger partial charge in [0.1, 0.15) is 23.7 Å². The normalized spacial score (nSPS) is 11.6. The summed E-state index contributed by atoms with van der Waals surface area (Å²) in [5.74, 6) is -2.59. The SMILES string of the molecule is CC(c1cccc(CCC=O)c1)c1cnc(-c2cc(Oc3c(F)cc4[nH]ccc4c3F)ccc2F)[nH]1.CO. The van der Waals surface area contributed by atoms with Crippen molar-refractivity contribution >= 4 is 17.2 Å². The third-order valence-electron chi connectivity index (χ3n) is 6.18. The predicted molar refractivity (Wildman–Crippen MR) is 139 cm³/mol. The second kappa shape index (κ2) is 11.8. The van der Waals surface area contributed by atoms with Gasteiger partial charge in [0.2, 0.25) is 0 Å². The highest BCUT2D eigenvalue weighted by Crippen LogP contribution is 2.35. The van der Waals surface area contributed by atoms with Gasteiger partial charge >= 0.3 is 0 Å². The van der Waals surface area contributed by atoms with Gasteiger partial charge in [0.05, 0.1) is 11.1 Å². The second-order valence-corrected chi connectivity index (χ2v) is 8.54. The van der Waals surface area contributed by atoms with E-state index in [2.05, 4.69) is 15.0 Å². The number of hydrogen-bond acceptors (Lipinski definition) is 4. The van der Waals surface area contributed by atoms with E-state index in [9.17, 15) is 18.0 Å². The number of rotatable bonds is 8. The van der Waals surface area contributed by atoms with Crippen molar-refractivity contribution in [2.75, 3.05) is 7.11 Å². The van der Waals surface area contributed by atoms with Crippen molar-refractivity contribution in [3.05, 3.63) is 101 Å². The van der Waals surface area contributed by atoms with Crippen LogP contribution in [0.3, 0.4) is 0 Å². The van der Waals surface area contributed by atoms with Gasteiger partial charge in [-0.25, -0.2) is 18.2 Å². The number of aromatic amines is 2. The molecule has 5 rings (SSSR count). The largest absolute Gasteiger partial charge is 0.451 e. The fourth-order valence-corrected chi connectivity index (χ4v) is 4.19. The molecule has 38 heavy (non-hydrogen) atoms. The van der Waals surface area contributed by atoms with Gasteiger partial charge in [0, 0.05) is 49.0 Å². The Kier molecular flexibility index (Phi) is 8.28. The summed E-state index contributed by atoms with van der Waals surface area (Å²) < 4.78 is 49.5. The molecule has 196 valence electrons. The molecule has 0 aliphatic carbocycles. The minimum atomic E-state index is -0.877. The van der Waals surface area contributed by atoms with Crippen LogP contribution in [0.15, 0.2) is 67.0 Å². The summed E-state index contributed by atoms with van der Waals surface area (Å²) in [5.41, 5.74) is 3.26. The monoisotopic (exact) mass is 521 g/mol. The van der Waals surface area contributed by atoms with Crippen LogP contribution in [-0.4, -0.2) is 33.5 Å². The van der Waals surface area contributed by atoms with Crippen molar-refractivity contribution in [3.8, 4) is 22.9 Å². The summed E-state index contributed by atoms with van der Waals surface area (Å²) in [4.78, 5) is 20.9. The quantitative estimate of drug-likeness (QED) is 0.199. The Morgan fingerprint density at radius 3 is 2.66 bits per heavy atom. The number of fused-ring (bicyclic) bond motifs is 1. The van der Waals surface area contributed by atoms with Gasteiger partial charge in [-0.1, -0.05) is 31.2 Å². The lowest BCUT2D eigenvalue weighted by atomic mass is 9.95. The maximum atomic E-state index is 14.8. The number of carbonyl (C=O) groups excluding carboxylic acids is 1. The summed E-state index contributed by atoms with van der Waals surface area (Å²) in [7, 11) is 1.00. The van der Waals surface area contributed by atoms with E-state index >= 15 is 0 Å². The van der Waals surface area contributed by atoms with E-state index in [0.717, 1.165) is 42.3 Å². The number of aryl methyl sites for hydroxylation is 1. The van der Waals surface area contributed by atoms with Crippen LogP contribution < -0.4 is 4.74 Å². The van der Waals surface area contributed by atoms with Gasteiger partial charge in [-0.05, 0) is 41.8 Å². The van der Waals surface area contributed by atoms with Crippen LogP contribution in [-0.2, 0) is 11.2 Å². The van der Waals surface area contributed by atoms with Gasteiger partial charge < -0.3 is 24.6 Å². The molecule has 3 aromatic carbocycles. The van der Waals surface area contributed by atoms with Crippen molar-refractivity contribution in [2.24, 2.45) is 0 Å². The molecule has 0 radical (unpaired) electrons. The molecule has 5 aromatic rings. The number of H-pyrrole nitrogens is 2. The first kappa shape index (κ1) is 26.7. The molecule has 0 saturated carbocycles. The minimum Gasteiger partial charge on any atom is -0.451 e. The van der Waals surface area contributed by atoms with Gasteiger partial charge in [-0.15, -0.1) is 0 Å². The van der Waals surface area contributed by atoms with E-state index in [1.165, 1.54) is 24.4 Å². The van der Waals surface area contributed by atoms with E-state index < -0.39 is 23.2 Å². The molecule has 0 aliphatic rings. The average molecular weight is 522 g/mol. The maximum Gasteiger partial charge on any atom is 0.199 e. The molecule has 0 spiro atoms. The number of aliphatic hydroxyl groups is 1. The fraction of sp³-hybridized carbons (Fsp3) is 0.172. The number of nitrogens with one attached hydrogen (secondary N) is 2. The van der Waals surface area contributed by atoms with Gasteiger partial charge in [0.25, 0.3) is 0 Å². The topological polar surface area (TPSA) is 91.0 Å². The Morgan fingerprint density at radius 2 is 1.87 bits per heavy atom. The standard InChI is InChI=1S/C28H22F3N3O2.CH4O/c1-16(18-6-2-4-17(12-18)5-3-11-35)25-15-33-28(34-25)21-13-19(7-8-22(21)29)36-27-23(30)14-24-20(26(27)31)9-10-32-24;1-2/h2,4,6-16,32H,3,5H2,1H3,(H,33,34);2H,1H3. The molecule has 9 heteroatoms. The Hall–Kier alpha value is -4.37. The highest BCUT2D eigenvalue weighted by atomic mass is 19.1. The van der Waals surface area contributed by atoms with E-state index in [0.29, 0.717) is 18.4 Å². The molecule has 0 amide bonds. The molecule has 2 aromatic heterocycles. The lowest BCUT2D eigenvalue weighted by molar-refractivity contribution is -0.107. The molecule has 0 fully saturated rings. The van der Waals surface area contributed by atoms with Crippen LogP contribution in [0, 0.1) is 17.5 Å². The first-order chi connectivity index (χ1) is 18.4. The third kappa shape index (κ3) is 5.47. The Morgan fingerprint density at radius 1 is 1.05 bits per heavy atom. The number of aliphatic hydroxyl groups excluding tert-OH is 1. The van der Waals surface area contributed by atoms with Crippen LogP contribution >= 0.6 is 0 Å². The van der Waals surface area contributed by atoms with E-state index in [1.807, 2.05) is 31.2 Å². The highest BCUT2D eigenvalue weighted by Gasteiger charge is 2.19. The zero-order valence-corrected chi connectivity index (χ0v) is 20.8. The third-order valence-corrected chi connectivity index (χ3v) is 6.18. The Labute approximate surface area is 217 Å². The predicted octanol–water partition coefficient (Wildman–Crippen LogP) is 6.66. The van der Waals surface area contributed by atoms with Crippen molar-refractivity contribution in [1.82, 2.24) is 15.0 Å². The first-order valence-electron chi connectivity index (χ1n) is 11.9. The van der Waals surface area contributed by atoms with Crippen molar-refractivity contribution in [2.45, 2.75) is 25.7 Å². The first-order valence-corrected chi connectivity index (χ1v) is 11.9. The zero-order chi connectivity index (χ0) is 27.2. The molecule has 1 unspecified atom stereocenters. The lowest BCUT2D eigenvalue weighted by Gasteiger charge is -2.12. The van der Waals surface area contributed by atoms with Crippen LogP contribution in [0.1, 0.15) is 36.1 Å². The Balaban J connectivity index is 0.00000164. The van der Waals surface area contributed by atoms with Crippen molar-refractivity contribution < 1.29 is 27.8 Å². The van der Waals surface area contributed by atoms with Gasteiger partial charge in [-0.3, -0.25) is 0 Å². The number of carbonyl (C=O) groups is 1. The summed E-state index contributed by atoms with van der Waals surface area (Å²) in [6, 6.07) is 14.4. The summed E-state index contributed by atoms with van der Waals surface area (Å²) in [6.07, 6.45) is 5.14. The number of halogens is 3. The molecule has 1 atom stereocenters. The van der Waals surface area contributed by atoms with Crippen LogP contribution in [0.2, 0.25) is 0 Å². The van der Waals surface area contributed by atoms with Crippen LogP contribution in [0.25, 0.3) is 22.3 Å². The highest BCUT2D eigenvalue weighted by molar-refractivity contribution is 5.82. The number of nitrogens with zero attached hydrogens (tertiary/aromatic N) is 1. The van der Waals surface area contributed by atoms with E-state index in [4.69, 9.17) is 9.84 Å². The fourth-order valence-electron chi connectivity index (χ4n) is 4.19. The molecule has 3 N–H and O–H groups in total. The maximum absolute atomic E-state index is 14.8. The zero-order valence-electron chi connectivity index (χ0n) is 20.8. The molecular formula is C29H26F3N3O3. The molecular weight excluding hydrogens is 495 g/mol. The molecule has 2 heterocycles. The van der Waals surface area contributed by atoms with Crippen LogP contribution in [0.5, 0.6) is 11.5 Å². The summed E-state index contributed by atoms with van der Waals surface area (Å²) in [6.45, 7) is 1.99. The van der Waals surface area contributed by atoms with Crippen LogP contribution in [0.4, 0.5) is 13.2 Å². The molecule has 0 aliphatic heterocycles. The Bertz CT molecular complexity index is 1560. The number of hydrogen-bond donors (Lipinski definition) is 3.